The molecule has 11 nitrogen and oxygen atoms in total. The number of nitrogens with one attached hydrogen (secondary N) is 2. The number of hydrazine groups is 1. The lowest BCUT2D eigenvalue weighted by atomic mass is 10.1. The first-order chi connectivity index (χ1) is 16.4. The van der Waals surface area contributed by atoms with Gasteiger partial charge in [0, 0.05) is 11.6 Å². The summed E-state index contributed by atoms with van der Waals surface area (Å²) in [5, 5.41) is 8.17. The van der Waals surface area contributed by atoms with Crippen molar-refractivity contribution in [3.63, 3.8) is 0 Å². The van der Waals surface area contributed by atoms with Gasteiger partial charge in [-0.15, -0.1) is 10.2 Å². The van der Waals surface area contributed by atoms with Crippen molar-refractivity contribution in [3.05, 3.63) is 53.4 Å². The number of rotatable bonds is 10. The Morgan fingerprint density at radius 3 is 2.24 bits per heavy atom. The van der Waals surface area contributed by atoms with Gasteiger partial charge in [0.05, 0.1) is 40.6 Å². The lowest BCUT2D eigenvalue weighted by molar-refractivity contribution is -0.119. The first-order valence-corrected chi connectivity index (χ1v) is 10.9. The van der Waals surface area contributed by atoms with Gasteiger partial charge < -0.3 is 23.4 Å². The van der Waals surface area contributed by atoms with E-state index in [1.165, 1.54) is 26.4 Å². The number of thioether (sulfide) groups is 1. The van der Waals surface area contributed by atoms with Crippen LogP contribution in [0.3, 0.4) is 0 Å². The fourth-order valence-corrected chi connectivity index (χ4v) is 3.41. The summed E-state index contributed by atoms with van der Waals surface area (Å²) >= 11 is 1.04. The number of benzene rings is 2. The number of amides is 2. The molecule has 34 heavy (non-hydrogen) atoms. The fraction of sp³-hybridized carbons (Fsp3) is 0.273. The van der Waals surface area contributed by atoms with E-state index >= 15 is 0 Å². The van der Waals surface area contributed by atoms with Crippen molar-refractivity contribution in [1.29, 1.82) is 0 Å². The van der Waals surface area contributed by atoms with Crippen molar-refractivity contribution < 1.29 is 33.0 Å². The quantitative estimate of drug-likeness (QED) is 0.323. The van der Waals surface area contributed by atoms with E-state index in [4.69, 9.17) is 23.4 Å². The molecule has 3 rings (SSSR count). The maximum absolute atomic E-state index is 12.3. The normalized spacial score (nSPS) is 10.4. The summed E-state index contributed by atoms with van der Waals surface area (Å²) in [6.07, 6.45) is 0.389. The monoisotopic (exact) mass is 488 g/mol. The second kappa shape index (κ2) is 11.8. The molecule has 180 valence electrons. The molecule has 1 aromatic heterocycles. The number of hydrogen-bond acceptors (Lipinski definition) is 10. The van der Waals surface area contributed by atoms with E-state index < -0.39 is 11.8 Å². The van der Waals surface area contributed by atoms with Gasteiger partial charge in [-0.05, 0) is 29.8 Å². The number of nitrogens with zero attached hydrogens (tertiary/aromatic N) is 2. The van der Waals surface area contributed by atoms with Gasteiger partial charge >= 0.3 is 0 Å². The van der Waals surface area contributed by atoms with Crippen molar-refractivity contribution >= 4 is 23.6 Å². The molecule has 0 radical (unpaired) electrons. The molecule has 0 aliphatic rings. The zero-order valence-corrected chi connectivity index (χ0v) is 19.9. The molecule has 2 aromatic carbocycles. The Morgan fingerprint density at radius 2 is 1.59 bits per heavy atom. The second-order valence-electron chi connectivity index (χ2n) is 6.72. The third-order valence-electron chi connectivity index (χ3n) is 4.51. The maximum Gasteiger partial charge on any atom is 0.277 e. The van der Waals surface area contributed by atoms with E-state index in [0.29, 0.717) is 35.3 Å². The van der Waals surface area contributed by atoms with Gasteiger partial charge in [0.2, 0.25) is 11.8 Å². The minimum Gasteiger partial charge on any atom is -0.497 e. The highest BCUT2D eigenvalue weighted by Crippen LogP contribution is 2.28. The third-order valence-corrected chi connectivity index (χ3v) is 5.33. The third kappa shape index (κ3) is 6.54. The van der Waals surface area contributed by atoms with Crippen LogP contribution in [0.25, 0.3) is 0 Å². The number of hydrogen-bond donors (Lipinski definition) is 2. The zero-order valence-electron chi connectivity index (χ0n) is 19.0. The van der Waals surface area contributed by atoms with E-state index in [1.54, 1.807) is 26.4 Å². The van der Waals surface area contributed by atoms with Crippen LogP contribution in [0.2, 0.25) is 0 Å². The molecule has 0 bridgehead atoms. The Labute approximate surface area is 200 Å². The smallest absolute Gasteiger partial charge is 0.277 e. The van der Waals surface area contributed by atoms with Crippen LogP contribution in [0.15, 0.2) is 46.0 Å². The molecule has 2 amide bonds. The van der Waals surface area contributed by atoms with Crippen molar-refractivity contribution in [1.82, 2.24) is 21.0 Å². The zero-order chi connectivity index (χ0) is 24.5. The van der Waals surface area contributed by atoms with E-state index in [1.807, 2.05) is 12.1 Å². The van der Waals surface area contributed by atoms with Crippen LogP contribution in [0.1, 0.15) is 21.8 Å². The molecule has 0 saturated carbocycles. The Balaban J connectivity index is 1.49. The predicted molar refractivity (Wildman–Crippen MR) is 123 cm³/mol. The average Bonchev–Trinajstić information content (AvgIpc) is 3.32. The van der Waals surface area contributed by atoms with Gasteiger partial charge in [-0.1, -0.05) is 17.8 Å². The van der Waals surface area contributed by atoms with Gasteiger partial charge in [-0.2, -0.15) is 0 Å². The molecule has 0 spiro atoms. The number of aromatic nitrogens is 2. The van der Waals surface area contributed by atoms with E-state index in [9.17, 15) is 9.59 Å². The fourth-order valence-electron chi connectivity index (χ4n) is 2.83. The van der Waals surface area contributed by atoms with Crippen molar-refractivity contribution in [2.24, 2.45) is 0 Å². The summed E-state index contributed by atoms with van der Waals surface area (Å²) in [5.74, 6) is 1.49. The molecule has 2 N–H and O–H groups in total. The molecule has 0 atom stereocenters. The molecule has 0 unspecified atom stereocenters. The van der Waals surface area contributed by atoms with Gasteiger partial charge in [-0.25, -0.2) is 0 Å². The predicted octanol–water partition coefficient (Wildman–Crippen LogP) is 2.25. The number of methoxy groups -OCH3 is 4. The topological polar surface area (TPSA) is 134 Å². The van der Waals surface area contributed by atoms with Crippen molar-refractivity contribution in [2.45, 2.75) is 11.6 Å². The molecular weight excluding hydrogens is 464 g/mol. The van der Waals surface area contributed by atoms with Gasteiger partial charge in [0.1, 0.15) is 11.5 Å². The van der Waals surface area contributed by atoms with E-state index in [-0.39, 0.29) is 16.5 Å². The van der Waals surface area contributed by atoms with Gasteiger partial charge in [0.15, 0.2) is 11.5 Å². The van der Waals surface area contributed by atoms with Crippen molar-refractivity contribution in [2.75, 3.05) is 34.2 Å². The largest absolute Gasteiger partial charge is 0.497 e. The highest BCUT2D eigenvalue weighted by molar-refractivity contribution is 7.99. The average molecular weight is 489 g/mol. The summed E-state index contributed by atoms with van der Waals surface area (Å²) < 4.78 is 26.4. The highest BCUT2D eigenvalue weighted by Gasteiger charge is 2.14. The summed E-state index contributed by atoms with van der Waals surface area (Å²) in [5.41, 5.74) is 5.84. The van der Waals surface area contributed by atoms with Crippen LogP contribution < -0.4 is 29.8 Å². The molecule has 0 fully saturated rings. The molecule has 3 aromatic rings. The van der Waals surface area contributed by atoms with Crippen molar-refractivity contribution in [3.8, 4) is 23.0 Å². The molecule has 12 heteroatoms. The van der Waals surface area contributed by atoms with Gasteiger partial charge in [0.25, 0.3) is 11.1 Å². The number of ether oxygens (including phenoxy) is 4. The molecule has 0 aliphatic carbocycles. The van der Waals surface area contributed by atoms with E-state index in [0.717, 1.165) is 17.3 Å². The Hall–Kier alpha value is -3.93. The molecular formula is C22H24N4O7S. The summed E-state index contributed by atoms with van der Waals surface area (Å²) in [6, 6.07) is 10.2. The van der Waals surface area contributed by atoms with Gasteiger partial charge in [-0.3, -0.25) is 20.4 Å². The standard InChI is InChI=1S/C22H24N4O7S/c1-29-15-9-14(10-16(11-15)30-2)21(28)25-23-19(27)12-34-22-26-24-20(33-22)8-13-5-6-17(31-3)18(7-13)32-4/h5-7,9-11H,8,12H2,1-4H3,(H,23,27)(H,25,28). The summed E-state index contributed by atoms with van der Waals surface area (Å²) in [6.45, 7) is 0. The molecule has 1 heterocycles. The molecule has 0 saturated heterocycles. The minimum atomic E-state index is -0.523. The summed E-state index contributed by atoms with van der Waals surface area (Å²) in [4.78, 5) is 24.4. The number of carbonyl (C=O) groups excluding carboxylic acids is 2. The van der Waals surface area contributed by atoms with E-state index in [2.05, 4.69) is 21.0 Å². The second-order valence-corrected chi connectivity index (χ2v) is 7.65. The number of carbonyl (C=O) groups is 2. The van der Waals surface area contributed by atoms with Crippen LogP contribution in [0, 0.1) is 0 Å². The Bertz CT molecular complexity index is 1130. The minimum absolute atomic E-state index is 0.0420. The Morgan fingerprint density at radius 1 is 0.882 bits per heavy atom. The first-order valence-electron chi connectivity index (χ1n) is 9.94. The van der Waals surface area contributed by atoms with Crippen LogP contribution in [-0.2, 0) is 11.2 Å². The maximum atomic E-state index is 12.3. The van der Waals surface area contributed by atoms with Crippen LogP contribution >= 0.6 is 11.8 Å². The van der Waals surface area contributed by atoms with Crippen LogP contribution in [-0.4, -0.2) is 56.2 Å². The highest BCUT2D eigenvalue weighted by atomic mass is 32.2. The summed E-state index contributed by atoms with van der Waals surface area (Å²) in [7, 11) is 6.08. The van der Waals surface area contributed by atoms with Crippen LogP contribution in [0.5, 0.6) is 23.0 Å². The molecule has 0 aliphatic heterocycles. The Kier molecular flexibility index (Phi) is 8.57. The first kappa shape index (κ1) is 24.7. The lowest BCUT2D eigenvalue weighted by Gasteiger charge is -2.09. The lowest BCUT2D eigenvalue weighted by Crippen LogP contribution is -2.42. The SMILES string of the molecule is COc1cc(OC)cc(C(=O)NNC(=O)CSc2nnc(Cc3ccc(OC)c(OC)c3)o2)c1. The van der Waals surface area contributed by atoms with Crippen LogP contribution in [0.4, 0.5) is 0 Å².